The molecule has 84 valence electrons. The van der Waals surface area contributed by atoms with Crippen LogP contribution in [0.5, 0.6) is 0 Å². The third kappa shape index (κ3) is 2.33. The van der Waals surface area contributed by atoms with Crippen molar-refractivity contribution < 1.29 is 0 Å². The maximum atomic E-state index is 5.86. The van der Waals surface area contributed by atoms with Crippen molar-refractivity contribution in [2.75, 3.05) is 11.1 Å². The zero-order valence-electron chi connectivity index (χ0n) is 9.18. The zero-order chi connectivity index (χ0) is 11.4. The topological polar surface area (TPSA) is 50.9 Å². The van der Waals surface area contributed by atoms with E-state index in [4.69, 9.17) is 5.73 Å². The van der Waals surface area contributed by atoms with Gasteiger partial charge in [-0.1, -0.05) is 13.0 Å². The summed E-state index contributed by atoms with van der Waals surface area (Å²) in [6.45, 7) is 2.15. The fourth-order valence-electron chi connectivity index (χ4n) is 1.57. The average Bonchev–Trinajstić information content (AvgIpc) is 2.81. The minimum absolute atomic E-state index is 0.289. The smallest absolute Gasteiger partial charge is 0.149 e. The first-order valence-corrected chi connectivity index (χ1v) is 6.19. The van der Waals surface area contributed by atoms with Crippen LogP contribution in [0.1, 0.15) is 24.3 Å². The highest BCUT2D eigenvalue weighted by Gasteiger charge is 2.11. The highest BCUT2D eigenvalue weighted by Crippen LogP contribution is 2.27. The Morgan fingerprint density at radius 3 is 2.94 bits per heavy atom. The predicted molar refractivity (Wildman–Crippen MR) is 69.6 cm³/mol. The van der Waals surface area contributed by atoms with E-state index in [2.05, 4.69) is 34.7 Å². The van der Waals surface area contributed by atoms with Crippen molar-refractivity contribution >= 4 is 22.8 Å². The lowest BCUT2D eigenvalue weighted by molar-refractivity contribution is 0.759. The Bertz CT molecular complexity index is 439. The van der Waals surface area contributed by atoms with Gasteiger partial charge in [-0.05, 0) is 30.0 Å². The van der Waals surface area contributed by atoms with Gasteiger partial charge in [0, 0.05) is 11.1 Å². The molecular formula is C12H15N3S. The molecule has 0 spiro atoms. The number of nitrogen functional groups attached to an aromatic ring is 1. The number of aromatic nitrogens is 1. The molecule has 2 aromatic rings. The first-order chi connectivity index (χ1) is 7.81. The van der Waals surface area contributed by atoms with Gasteiger partial charge in [0.15, 0.2) is 0 Å². The summed E-state index contributed by atoms with van der Waals surface area (Å²) in [6.07, 6.45) is 2.76. The van der Waals surface area contributed by atoms with Crippen LogP contribution in [0, 0.1) is 0 Å². The Morgan fingerprint density at radius 1 is 1.44 bits per heavy atom. The van der Waals surface area contributed by atoms with Crippen LogP contribution in [0.2, 0.25) is 0 Å². The molecule has 0 bridgehead atoms. The van der Waals surface area contributed by atoms with E-state index in [9.17, 15) is 0 Å². The van der Waals surface area contributed by atoms with E-state index < -0.39 is 0 Å². The maximum absolute atomic E-state index is 5.86. The van der Waals surface area contributed by atoms with E-state index in [0.29, 0.717) is 5.69 Å². The summed E-state index contributed by atoms with van der Waals surface area (Å²) in [4.78, 5) is 5.56. The van der Waals surface area contributed by atoms with Crippen LogP contribution < -0.4 is 11.1 Å². The minimum Gasteiger partial charge on any atom is -0.396 e. The lowest BCUT2D eigenvalue weighted by Gasteiger charge is -2.17. The minimum atomic E-state index is 0.289. The molecule has 0 aliphatic heterocycles. The van der Waals surface area contributed by atoms with Crippen molar-refractivity contribution in [3.8, 4) is 0 Å². The van der Waals surface area contributed by atoms with Gasteiger partial charge in [0.25, 0.3) is 0 Å². The normalized spacial score (nSPS) is 12.3. The van der Waals surface area contributed by atoms with Crippen molar-refractivity contribution in [3.63, 3.8) is 0 Å². The molecule has 0 fully saturated rings. The lowest BCUT2D eigenvalue weighted by atomic mass is 10.2. The molecule has 0 aromatic carbocycles. The van der Waals surface area contributed by atoms with Gasteiger partial charge in [0.05, 0.1) is 11.7 Å². The van der Waals surface area contributed by atoms with Gasteiger partial charge >= 0.3 is 0 Å². The number of pyridine rings is 1. The molecule has 2 heterocycles. The summed E-state index contributed by atoms with van der Waals surface area (Å²) >= 11 is 1.75. The van der Waals surface area contributed by atoms with Gasteiger partial charge < -0.3 is 11.1 Å². The number of hydrogen-bond donors (Lipinski definition) is 2. The number of thiophene rings is 1. The number of nitrogens with one attached hydrogen (secondary N) is 1. The maximum Gasteiger partial charge on any atom is 0.149 e. The molecule has 0 amide bonds. The van der Waals surface area contributed by atoms with E-state index in [0.717, 1.165) is 12.2 Å². The molecule has 3 N–H and O–H groups in total. The molecule has 0 saturated heterocycles. The molecule has 16 heavy (non-hydrogen) atoms. The molecule has 0 saturated carbocycles. The Kier molecular flexibility index (Phi) is 3.41. The third-order valence-corrected chi connectivity index (χ3v) is 3.43. The first kappa shape index (κ1) is 11.0. The van der Waals surface area contributed by atoms with Crippen molar-refractivity contribution in [1.29, 1.82) is 0 Å². The van der Waals surface area contributed by atoms with Crippen LogP contribution in [0.3, 0.4) is 0 Å². The van der Waals surface area contributed by atoms with Crippen LogP contribution in [0.4, 0.5) is 11.5 Å². The van der Waals surface area contributed by atoms with Gasteiger partial charge in [-0.15, -0.1) is 11.3 Å². The van der Waals surface area contributed by atoms with Crippen LogP contribution in [-0.2, 0) is 0 Å². The van der Waals surface area contributed by atoms with Crippen LogP contribution in [0.15, 0.2) is 35.8 Å². The van der Waals surface area contributed by atoms with Crippen LogP contribution >= 0.6 is 11.3 Å². The summed E-state index contributed by atoms with van der Waals surface area (Å²) in [7, 11) is 0. The summed E-state index contributed by atoms with van der Waals surface area (Å²) in [6, 6.07) is 8.18. The molecule has 2 aromatic heterocycles. The van der Waals surface area contributed by atoms with Gasteiger partial charge in [-0.2, -0.15) is 0 Å². The Morgan fingerprint density at radius 2 is 2.31 bits per heavy atom. The quantitative estimate of drug-likeness (QED) is 0.852. The number of anilines is 2. The summed E-state index contributed by atoms with van der Waals surface area (Å²) in [5.74, 6) is 0.766. The van der Waals surface area contributed by atoms with Crippen molar-refractivity contribution in [2.45, 2.75) is 19.4 Å². The van der Waals surface area contributed by atoms with Gasteiger partial charge in [0.2, 0.25) is 0 Å². The third-order valence-electron chi connectivity index (χ3n) is 2.44. The largest absolute Gasteiger partial charge is 0.396 e. The standard InChI is InChI=1S/C12H15N3S/c1-2-10(11-6-4-8-16-11)15-12-9(13)5-3-7-14-12/h3-8,10H,2,13H2,1H3,(H,14,15). The highest BCUT2D eigenvalue weighted by atomic mass is 32.1. The van der Waals surface area contributed by atoms with Crippen molar-refractivity contribution in [2.24, 2.45) is 0 Å². The number of rotatable bonds is 4. The van der Waals surface area contributed by atoms with Gasteiger partial charge in [0.1, 0.15) is 5.82 Å². The van der Waals surface area contributed by atoms with E-state index >= 15 is 0 Å². The Balaban J connectivity index is 2.17. The number of nitrogens with zero attached hydrogens (tertiary/aromatic N) is 1. The number of hydrogen-bond acceptors (Lipinski definition) is 4. The molecular weight excluding hydrogens is 218 g/mol. The van der Waals surface area contributed by atoms with E-state index in [1.54, 1.807) is 17.5 Å². The summed E-state index contributed by atoms with van der Waals surface area (Å²) in [5.41, 5.74) is 6.55. The van der Waals surface area contributed by atoms with E-state index in [1.165, 1.54) is 4.88 Å². The second kappa shape index (κ2) is 4.99. The highest BCUT2D eigenvalue weighted by molar-refractivity contribution is 7.10. The Hall–Kier alpha value is -1.55. The molecule has 0 aliphatic rings. The van der Waals surface area contributed by atoms with Crippen LogP contribution in [-0.4, -0.2) is 4.98 Å². The lowest BCUT2D eigenvalue weighted by Crippen LogP contribution is -2.10. The van der Waals surface area contributed by atoms with Gasteiger partial charge in [-0.3, -0.25) is 0 Å². The molecule has 1 atom stereocenters. The molecule has 4 heteroatoms. The predicted octanol–water partition coefficient (Wildman–Crippen LogP) is 3.29. The second-order valence-electron chi connectivity index (χ2n) is 3.56. The van der Waals surface area contributed by atoms with Gasteiger partial charge in [-0.25, -0.2) is 4.98 Å². The SMILES string of the molecule is CCC(Nc1ncccc1N)c1cccs1. The molecule has 3 nitrogen and oxygen atoms in total. The van der Waals surface area contributed by atoms with Crippen molar-refractivity contribution in [1.82, 2.24) is 4.98 Å². The van der Waals surface area contributed by atoms with E-state index in [-0.39, 0.29) is 6.04 Å². The second-order valence-corrected chi connectivity index (χ2v) is 4.54. The molecule has 2 rings (SSSR count). The number of nitrogens with two attached hydrogens (primary N) is 1. The van der Waals surface area contributed by atoms with Crippen LogP contribution in [0.25, 0.3) is 0 Å². The Labute approximate surface area is 99.3 Å². The monoisotopic (exact) mass is 233 g/mol. The zero-order valence-corrected chi connectivity index (χ0v) is 10.00. The summed E-state index contributed by atoms with van der Waals surface area (Å²) < 4.78 is 0. The first-order valence-electron chi connectivity index (χ1n) is 5.31. The fourth-order valence-corrected chi connectivity index (χ4v) is 2.43. The molecule has 0 aliphatic carbocycles. The van der Waals surface area contributed by atoms with E-state index in [1.807, 2.05) is 12.1 Å². The fraction of sp³-hybridized carbons (Fsp3) is 0.250. The molecule has 0 radical (unpaired) electrons. The summed E-state index contributed by atoms with van der Waals surface area (Å²) in [5, 5.41) is 5.46. The van der Waals surface area contributed by atoms with Crippen molar-refractivity contribution in [3.05, 3.63) is 40.7 Å². The average molecular weight is 233 g/mol. The molecule has 1 unspecified atom stereocenters.